The maximum Gasteiger partial charge on any atom is 0.160 e. The van der Waals surface area contributed by atoms with Gasteiger partial charge >= 0.3 is 0 Å². The summed E-state index contributed by atoms with van der Waals surface area (Å²) in [5.41, 5.74) is 12.2. The smallest absolute Gasteiger partial charge is 0.160 e. The minimum atomic E-state index is 0.710. The van der Waals surface area contributed by atoms with E-state index in [2.05, 4.69) is 188 Å². The summed E-state index contributed by atoms with van der Waals surface area (Å²) in [6.45, 7) is 0. The minimum absolute atomic E-state index is 0.710. The van der Waals surface area contributed by atoms with Gasteiger partial charge in [0.25, 0.3) is 0 Å². The number of nitrogens with zero attached hydrogens (tertiary/aromatic N) is 2. The molecule has 0 radical (unpaired) electrons. The van der Waals surface area contributed by atoms with E-state index in [1.54, 1.807) is 0 Å². The number of aromatic nitrogens is 2. The fourth-order valence-electron chi connectivity index (χ4n) is 7.86. The molecule has 1 aliphatic carbocycles. The van der Waals surface area contributed by atoms with Crippen molar-refractivity contribution in [3.8, 4) is 56.2 Å². The van der Waals surface area contributed by atoms with Crippen LogP contribution in [0.3, 0.4) is 0 Å². The van der Waals surface area contributed by atoms with E-state index in [-0.39, 0.29) is 0 Å². The van der Waals surface area contributed by atoms with Crippen molar-refractivity contribution >= 4 is 44.5 Å². The topological polar surface area (TPSA) is 25.8 Å². The Balaban J connectivity index is 1.11. The molecule has 53 heavy (non-hydrogen) atoms. The normalized spacial score (nSPS) is 12.3. The molecule has 0 amide bonds. The maximum atomic E-state index is 5.31. The van der Waals surface area contributed by atoms with Crippen LogP contribution in [0.5, 0.6) is 0 Å². The number of hydrogen-bond donors (Lipinski definition) is 0. The monoisotopic (exact) mass is 674 g/mol. The van der Waals surface area contributed by atoms with Crippen LogP contribution in [0.15, 0.2) is 182 Å². The Morgan fingerprint density at radius 2 is 0.925 bits per heavy atom. The summed E-state index contributed by atoms with van der Waals surface area (Å²) in [6.07, 6.45) is 9.89. The van der Waals surface area contributed by atoms with Crippen molar-refractivity contribution in [3.63, 3.8) is 0 Å². The van der Waals surface area contributed by atoms with Crippen LogP contribution in [0.1, 0.15) is 17.5 Å². The number of benzene rings is 8. The highest BCUT2D eigenvalue weighted by molar-refractivity contribution is 6.14. The van der Waals surface area contributed by atoms with E-state index in [1.807, 2.05) is 6.07 Å². The first kappa shape index (κ1) is 30.9. The van der Waals surface area contributed by atoms with Gasteiger partial charge in [0.1, 0.15) is 0 Å². The van der Waals surface area contributed by atoms with Gasteiger partial charge in [-0.15, -0.1) is 0 Å². The third kappa shape index (κ3) is 5.62. The lowest BCUT2D eigenvalue weighted by Gasteiger charge is -2.16. The van der Waals surface area contributed by atoms with Gasteiger partial charge in [0, 0.05) is 16.7 Å². The molecule has 1 aliphatic rings. The third-order valence-electron chi connectivity index (χ3n) is 10.5. The summed E-state index contributed by atoms with van der Waals surface area (Å²) < 4.78 is 0. The molecule has 0 unspecified atom stereocenters. The zero-order valence-electron chi connectivity index (χ0n) is 29.1. The van der Waals surface area contributed by atoms with E-state index >= 15 is 0 Å². The molecular formula is C51H34N2. The SMILES string of the molecule is C1=Cc2c(-c3ccccc3)ccc(-c3cc(-c4ccccc4)nc(-c4ccc5cc(-c6cc7ccccc7c7ccccc67)ccc5c4)n3)c2C=CC1. The first-order chi connectivity index (χ1) is 26.3. The molecule has 0 spiro atoms. The van der Waals surface area contributed by atoms with Crippen LogP contribution in [0.2, 0.25) is 0 Å². The van der Waals surface area contributed by atoms with Crippen molar-refractivity contribution in [2.75, 3.05) is 0 Å². The van der Waals surface area contributed by atoms with Crippen LogP contribution in [0.4, 0.5) is 0 Å². The Morgan fingerprint density at radius 3 is 1.70 bits per heavy atom. The zero-order valence-corrected chi connectivity index (χ0v) is 29.1. The Bertz CT molecular complexity index is 2900. The average Bonchev–Trinajstić information content (AvgIpc) is 3.50. The predicted molar refractivity (Wildman–Crippen MR) is 224 cm³/mol. The van der Waals surface area contributed by atoms with Gasteiger partial charge in [-0.1, -0.05) is 170 Å². The van der Waals surface area contributed by atoms with Gasteiger partial charge in [0.05, 0.1) is 11.4 Å². The van der Waals surface area contributed by atoms with E-state index < -0.39 is 0 Å². The Hall–Kier alpha value is -6.90. The molecule has 0 bridgehead atoms. The molecule has 8 aromatic carbocycles. The molecule has 0 saturated heterocycles. The second-order valence-corrected chi connectivity index (χ2v) is 13.7. The number of fused-ring (bicyclic) bond motifs is 5. The quantitative estimate of drug-likeness (QED) is 0.170. The van der Waals surface area contributed by atoms with Gasteiger partial charge in [0.15, 0.2) is 5.82 Å². The standard InChI is InChI=1S/C51H34N2/c1-4-14-34(15-5-1)42-28-29-47(45-21-9-3-8-20-44(42)45)50-33-49(35-16-6-2-7-17-35)52-51(53-50)40-27-25-36-30-39(26-24-37(36)31-40)48-32-38-18-10-11-19-41(38)43-22-12-13-23-46(43)48/h1-2,4-33H,3H2. The minimum Gasteiger partial charge on any atom is -0.228 e. The summed E-state index contributed by atoms with van der Waals surface area (Å²) in [4.78, 5) is 10.5. The van der Waals surface area contributed by atoms with E-state index in [0.717, 1.165) is 39.9 Å². The van der Waals surface area contributed by atoms with Gasteiger partial charge in [0.2, 0.25) is 0 Å². The van der Waals surface area contributed by atoms with Crippen molar-refractivity contribution in [2.24, 2.45) is 0 Å². The van der Waals surface area contributed by atoms with E-state index in [9.17, 15) is 0 Å². The first-order valence-electron chi connectivity index (χ1n) is 18.2. The molecule has 0 fully saturated rings. The highest BCUT2D eigenvalue weighted by Gasteiger charge is 2.18. The van der Waals surface area contributed by atoms with Gasteiger partial charge in [-0.3, -0.25) is 0 Å². The van der Waals surface area contributed by atoms with Gasteiger partial charge in [-0.05, 0) is 96.4 Å². The molecule has 0 saturated carbocycles. The molecule has 1 aromatic heterocycles. The van der Waals surface area contributed by atoms with Crippen LogP contribution in [0, 0.1) is 0 Å². The van der Waals surface area contributed by atoms with E-state index in [0.29, 0.717) is 5.82 Å². The Labute approximate surface area is 309 Å². The zero-order chi connectivity index (χ0) is 35.1. The highest BCUT2D eigenvalue weighted by atomic mass is 14.9. The fraction of sp³-hybridized carbons (Fsp3) is 0.0196. The van der Waals surface area contributed by atoms with Crippen molar-refractivity contribution in [1.82, 2.24) is 9.97 Å². The summed E-state index contributed by atoms with van der Waals surface area (Å²) >= 11 is 0. The Morgan fingerprint density at radius 1 is 0.340 bits per heavy atom. The molecule has 0 N–H and O–H groups in total. The molecule has 10 rings (SSSR count). The van der Waals surface area contributed by atoms with Crippen molar-refractivity contribution in [1.29, 1.82) is 0 Å². The van der Waals surface area contributed by atoms with Crippen molar-refractivity contribution < 1.29 is 0 Å². The first-order valence-corrected chi connectivity index (χ1v) is 18.2. The second-order valence-electron chi connectivity index (χ2n) is 13.7. The lowest BCUT2D eigenvalue weighted by atomic mass is 9.90. The van der Waals surface area contributed by atoms with E-state index in [1.165, 1.54) is 60.3 Å². The summed E-state index contributed by atoms with van der Waals surface area (Å²) in [7, 11) is 0. The molecule has 0 aliphatic heterocycles. The summed E-state index contributed by atoms with van der Waals surface area (Å²) in [5, 5.41) is 7.41. The van der Waals surface area contributed by atoms with Gasteiger partial charge in [-0.2, -0.15) is 0 Å². The molecule has 1 heterocycles. The molecule has 2 nitrogen and oxygen atoms in total. The number of hydrogen-bond acceptors (Lipinski definition) is 2. The summed E-state index contributed by atoms with van der Waals surface area (Å²) in [6, 6.07) is 60.8. The molecule has 2 heteroatoms. The fourth-order valence-corrected chi connectivity index (χ4v) is 7.86. The van der Waals surface area contributed by atoms with Crippen LogP contribution >= 0.6 is 0 Å². The van der Waals surface area contributed by atoms with Crippen LogP contribution in [0.25, 0.3) is 101 Å². The Kier molecular flexibility index (Phi) is 7.58. The lowest BCUT2D eigenvalue weighted by molar-refractivity contribution is 1.18. The predicted octanol–water partition coefficient (Wildman–Crippen LogP) is 13.7. The molecule has 0 atom stereocenters. The van der Waals surface area contributed by atoms with Crippen molar-refractivity contribution in [2.45, 2.75) is 6.42 Å². The number of rotatable bonds is 5. The van der Waals surface area contributed by atoms with Crippen LogP contribution < -0.4 is 0 Å². The maximum absolute atomic E-state index is 5.31. The van der Waals surface area contributed by atoms with Crippen LogP contribution in [-0.4, -0.2) is 9.97 Å². The largest absolute Gasteiger partial charge is 0.228 e. The highest BCUT2D eigenvalue weighted by Crippen LogP contribution is 2.39. The molecule has 9 aromatic rings. The average molecular weight is 675 g/mol. The van der Waals surface area contributed by atoms with Crippen LogP contribution in [-0.2, 0) is 0 Å². The van der Waals surface area contributed by atoms with Gasteiger partial charge in [-0.25, -0.2) is 9.97 Å². The molecular weight excluding hydrogens is 641 g/mol. The van der Waals surface area contributed by atoms with Gasteiger partial charge < -0.3 is 0 Å². The van der Waals surface area contributed by atoms with E-state index in [4.69, 9.17) is 9.97 Å². The third-order valence-corrected chi connectivity index (χ3v) is 10.5. The number of allylic oxidation sites excluding steroid dienone is 2. The molecule has 248 valence electrons. The lowest BCUT2D eigenvalue weighted by Crippen LogP contribution is -1.99. The summed E-state index contributed by atoms with van der Waals surface area (Å²) in [5.74, 6) is 0.710. The van der Waals surface area contributed by atoms with Crippen molar-refractivity contribution in [3.05, 3.63) is 193 Å². The second kappa shape index (κ2) is 13.0.